The van der Waals surface area contributed by atoms with Crippen LogP contribution in [0.2, 0.25) is 0 Å². The fourth-order valence-corrected chi connectivity index (χ4v) is 1.45. The number of nitrogens with zero attached hydrogens (tertiary/aromatic N) is 3. The Morgan fingerprint density at radius 3 is 2.86 bits per heavy atom. The second kappa shape index (κ2) is 3.38. The number of nitrogens with two attached hydrogens (primary N) is 1. The van der Waals surface area contributed by atoms with Gasteiger partial charge in [-0.3, -0.25) is 9.38 Å². The van der Waals surface area contributed by atoms with Crippen molar-refractivity contribution in [2.75, 3.05) is 0 Å². The van der Waals surface area contributed by atoms with E-state index in [1.54, 1.807) is 12.4 Å². The monoisotopic (exact) mass is 190 g/mol. The Labute approximate surface area is 82.8 Å². The van der Waals surface area contributed by atoms with E-state index in [0.29, 0.717) is 5.92 Å². The molecule has 0 aliphatic carbocycles. The van der Waals surface area contributed by atoms with Crippen molar-refractivity contribution in [2.24, 2.45) is 11.7 Å². The molecule has 0 aliphatic rings. The molecule has 0 radical (unpaired) electrons. The Kier molecular flexibility index (Phi) is 2.21. The van der Waals surface area contributed by atoms with Gasteiger partial charge in [-0.25, -0.2) is 4.98 Å². The third-order valence-electron chi connectivity index (χ3n) is 2.41. The van der Waals surface area contributed by atoms with Gasteiger partial charge in [0, 0.05) is 18.4 Å². The molecule has 2 heterocycles. The molecule has 0 bridgehead atoms. The number of imidazole rings is 1. The van der Waals surface area contributed by atoms with E-state index in [-0.39, 0.29) is 6.04 Å². The second-order valence-electron chi connectivity index (χ2n) is 3.76. The van der Waals surface area contributed by atoms with Crippen LogP contribution in [-0.2, 0) is 0 Å². The predicted octanol–water partition coefficient (Wildman–Crippen LogP) is 1.39. The van der Waals surface area contributed by atoms with Gasteiger partial charge in [0.25, 0.3) is 0 Å². The lowest BCUT2D eigenvalue weighted by Crippen LogP contribution is -2.18. The molecule has 0 fully saturated rings. The first-order chi connectivity index (χ1) is 6.70. The summed E-state index contributed by atoms with van der Waals surface area (Å²) in [5.41, 5.74) is 7.95. The first-order valence-electron chi connectivity index (χ1n) is 4.72. The van der Waals surface area contributed by atoms with E-state index in [4.69, 9.17) is 5.73 Å². The summed E-state index contributed by atoms with van der Waals surface area (Å²) in [4.78, 5) is 8.25. The van der Waals surface area contributed by atoms with Crippen molar-refractivity contribution >= 4 is 5.65 Å². The summed E-state index contributed by atoms with van der Waals surface area (Å²) < 4.78 is 1.98. The molecule has 1 unspecified atom stereocenters. The molecule has 14 heavy (non-hydrogen) atoms. The minimum absolute atomic E-state index is 0.0207. The lowest BCUT2D eigenvalue weighted by Gasteiger charge is -2.14. The average Bonchev–Trinajstić information content (AvgIpc) is 2.60. The molecular formula is C10H14N4. The van der Waals surface area contributed by atoms with Crippen molar-refractivity contribution in [3.63, 3.8) is 0 Å². The highest BCUT2D eigenvalue weighted by atomic mass is 15.0. The molecule has 4 nitrogen and oxygen atoms in total. The lowest BCUT2D eigenvalue weighted by atomic mass is 10.0. The van der Waals surface area contributed by atoms with E-state index in [2.05, 4.69) is 23.8 Å². The maximum absolute atomic E-state index is 6.07. The van der Waals surface area contributed by atoms with Crippen LogP contribution in [0.4, 0.5) is 0 Å². The second-order valence-corrected chi connectivity index (χ2v) is 3.76. The van der Waals surface area contributed by atoms with Crippen LogP contribution in [0.25, 0.3) is 5.65 Å². The van der Waals surface area contributed by atoms with Crippen molar-refractivity contribution in [1.82, 2.24) is 14.4 Å². The topological polar surface area (TPSA) is 56.2 Å². The predicted molar refractivity (Wildman–Crippen MR) is 54.8 cm³/mol. The summed E-state index contributed by atoms with van der Waals surface area (Å²) in [7, 11) is 0. The van der Waals surface area contributed by atoms with Gasteiger partial charge in [0.1, 0.15) is 0 Å². The maximum Gasteiger partial charge on any atom is 0.155 e. The van der Waals surface area contributed by atoms with Crippen LogP contribution in [0, 0.1) is 5.92 Å². The maximum atomic E-state index is 6.07. The molecule has 0 saturated carbocycles. The summed E-state index contributed by atoms with van der Waals surface area (Å²) in [5.74, 6) is 0.406. The molecule has 0 aliphatic heterocycles. The highest BCUT2D eigenvalue weighted by Gasteiger charge is 2.14. The number of fused-ring (bicyclic) bond motifs is 1. The Morgan fingerprint density at radius 2 is 2.14 bits per heavy atom. The minimum Gasteiger partial charge on any atom is -0.322 e. The van der Waals surface area contributed by atoms with E-state index in [1.807, 2.05) is 16.8 Å². The van der Waals surface area contributed by atoms with Crippen LogP contribution in [0.1, 0.15) is 25.6 Å². The molecule has 2 aromatic heterocycles. The fraction of sp³-hybridized carbons (Fsp3) is 0.400. The number of hydrogen-bond donors (Lipinski definition) is 1. The van der Waals surface area contributed by atoms with Gasteiger partial charge in [-0.2, -0.15) is 0 Å². The molecule has 0 saturated heterocycles. The largest absolute Gasteiger partial charge is 0.322 e. The molecule has 74 valence electrons. The molecule has 2 aromatic rings. The van der Waals surface area contributed by atoms with E-state index >= 15 is 0 Å². The molecule has 0 amide bonds. The smallest absolute Gasteiger partial charge is 0.155 e. The average molecular weight is 190 g/mol. The molecule has 4 heteroatoms. The molecule has 2 N–H and O–H groups in total. The van der Waals surface area contributed by atoms with Crippen LogP contribution in [0.15, 0.2) is 24.8 Å². The van der Waals surface area contributed by atoms with Crippen LogP contribution in [-0.4, -0.2) is 14.4 Å². The van der Waals surface area contributed by atoms with Crippen molar-refractivity contribution in [3.05, 3.63) is 30.5 Å². The summed E-state index contributed by atoms with van der Waals surface area (Å²) >= 11 is 0. The Balaban J connectivity index is 2.53. The van der Waals surface area contributed by atoms with Crippen LogP contribution in [0.5, 0.6) is 0 Å². The van der Waals surface area contributed by atoms with E-state index in [9.17, 15) is 0 Å². The van der Waals surface area contributed by atoms with E-state index in [1.165, 1.54) is 0 Å². The van der Waals surface area contributed by atoms with Gasteiger partial charge < -0.3 is 5.73 Å². The van der Waals surface area contributed by atoms with Gasteiger partial charge in [0.2, 0.25) is 0 Å². The summed E-state index contributed by atoms with van der Waals surface area (Å²) in [6.07, 6.45) is 7.18. The highest BCUT2D eigenvalue weighted by Crippen LogP contribution is 2.19. The van der Waals surface area contributed by atoms with Crippen LogP contribution < -0.4 is 5.73 Å². The van der Waals surface area contributed by atoms with Gasteiger partial charge in [-0.05, 0) is 5.92 Å². The summed E-state index contributed by atoms with van der Waals surface area (Å²) in [5, 5.41) is 0. The van der Waals surface area contributed by atoms with Crippen molar-refractivity contribution in [2.45, 2.75) is 19.9 Å². The van der Waals surface area contributed by atoms with Gasteiger partial charge in [-0.1, -0.05) is 13.8 Å². The van der Waals surface area contributed by atoms with E-state index < -0.39 is 0 Å². The zero-order chi connectivity index (χ0) is 10.1. The SMILES string of the molecule is CC(C)C(N)c1cnc2cnccn12. The van der Waals surface area contributed by atoms with Gasteiger partial charge in [-0.15, -0.1) is 0 Å². The zero-order valence-corrected chi connectivity index (χ0v) is 8.38. The molecular weight excluding hydrogens is 176 g/mol. The van der Waals surface area contributed by atoms with Gasteiger partial charge >= 0.3 is 0 Å². The first-order valence-corrected chi connectivity index (χ1v) is 4.72. The molecule has 0 spiro atoms. The molecule has 1 atom stereocenters. The minimum atomic E-state index is 0.0207. The Morgan fingerprint density at radius 1 is 1.36 bits per heavy atom. The quantitative estimate of drug-likeness (QED) is 0.778. The third-order valence-corrected chi connectivity index (χ3v) is 2.41. The molecule has 0 aromatic carbocycles. The highest BCUT2D eigenvalue weighted by molar-refractivity contribution is 5.37. The summed E-state index contributed by atoms with van der Waals surface area (Å²) in [6.45, 7) is 4.20. The Bertz CT molecular complexity index is 432. The molecule has 2 rings (SSSR count). The number of rotatable bonds is 2. The van der Waals surface area contributed by atoms with Crippen molar-refractivity contribution < 1.29 is 0 Å². The Hall–Kier alpha value is -1.42. The third kappa shape index (κ3) is 1.37. The van der Waals surface area contributed by atoms with Crippen LogP contribution in [0.3, 0.4) is 0 Å². The van der Waals surface area contributed by atoms with Gasteiger partial charge in [0.15, 0.2) is 5.65 Å². The number of hydrogen-bond acceptors (Lipinski definition) is 3. The van der Waals surface area contributed by atoms with Crippen molar-refractivity contribution in [3.8, 4) is 0 Å². The normalized spacial score (nSPS) is 13.7. The fourth-order valence-electron chi connectivity index (χ4n) is 1.45. The van der Waals surface area contributed by atoms with Crippen molar-refractivity contribution in [1.29, 1.82) is 0 Å². The van der Waals surface area contributed by atoms with E-state index in [0.717, 1.165) is 11.3 Å². The standard InChI is InChI=1S/C10H14N4/c1-7(2)10(11)8-5-13-9-6-12-3-4-14(8)9/h3-7,10H,11H2,1-2H3. The number of aromatic nitrogens is 3. The van der Waals surface area contributed by atoms with Gasteiger partial charge in [0.05, 0.1) is 18.1 Å². The lowest BCUT2D eigenvalue weighted by molar-refractivity contribution is 0.500. The zero-order valence-electron chi connectivity index (χ0n) is 8.38. The summed E-state index contributed by atoms with van der Waals surface area (Å²) in [6, 6.07) is 0.0207. The van der Waals surface area contributed by atoms with Crippen LogP contribution >= 0.6 is 0 Å². The first kappa shape index (κ1) is 9.15.